The highest BCUT2D eigenvalue weighted by molar-refractivity contribution is 7.16. The van der Waals surface area contributed by atoms with Gasteiger partial charge in [0.2, 0.25) is 0 Å². The molecule has 1 saturated heterocycles. The van der Waals surface area contributed by atoms with Crippen molar-refractivity contribution in [2.45, 2.75) is 52.9 Å². The summed E-state index contributed by atoms with van der Waals surface area (Å²) in [7, 11) is 0. The number of aliphatic imine (C=N–C) groups is 1. The number of nitrogens with zero attached hydrogens (tertiary/aromatic N) is 2. The maximum Gasteiger partial charge on any atom is 0.259 e. The molecule has 2 aliphatic rings. The minimum Gasteiger partial charge on any atom is -0.372 e. The van der Waals surface area contributed by atoms with Crippen LogP contribution in [0.3, 0.4) is 0 Å². The Hall–Kier alpha value is -2.63. The third kappa shape index (κ3) is 5.52. The predicted molar refractivity (Wildman–Crippen MR) is 154 cm³/mol. The van der Waals surface area contributed by atoms with Crippen molar-refractivity contribution in [3.63, 3.8) is 0 Å². The van der Waals surface area contributed by atoms with Crippen molar-refractivity contribution in [2.75, 3.05) is 23.3 Å². The van der Waals surface area contributed by atoms with Crippen LogP contribution in [0, 0.1) is 11.3 Å². The number of nitrogens with one attached hydrogen (secondary N) is 1. The molecule has 5 rings (SSSR count). The first-order valence-corrected chi connectivity index (χ1v) is 14.1. The van der Waals surface area contributed by atoms with Gasteiger partial charge in [-0.1, -0.05) is 44.5 Å². The zero-order valence-electron chi connectivity index (χ0n) is 21.3. The van der Waals surface area contributed by atoms with Crippen molar-refractivity contribution in [1.29, 1.82) is 0 Å². The standard InChI is InChI=1S/C30H34ClN3OS/c1-30(2,3)21-8-15-25-26(18-21)36-29(27(25)28(35)33-23-11-9-22(31)10-12-23)32-19-20-6-13-24(14-7-20)34-16-4-5-17-34/h6-7,9-14,19,21H,4-5,8,15-18H2,1-3H3,(H,33,35)/t21-/m1/s1. The summed E-state index contributed by atoms with van der Waals surface area (Å²) in [5, 5.41) is 4.51. The van der Waals surface area contributed by atoms with E-state index in [-0.39, 0.29) is 11.3 Å². The summed E-state index contributed by atoms with van der Waals surface area (Å²) in [6.45, 7) is 9.21. The van der Waals surface area contributed by atoms with Gasteiger partial charge in [0.25, 0.3) is 5.91 Å². The van der Waals surface area contributed by atoms with Gasteiger partial charge in [-0.05, 0) is 91.0 Å². The summed E-state index contributed by atoms with van der Waals surface area (Å²) in [5.74, 6) is 0.506. The number of rotatable bonds is 5. The number of hydrogen-bond acceptors (Lipinski definition) is 4. The van der Waals surface area contributed by atoms with Crippen molar-refractivity contribution in [2.24, 2.45) is 16.3 Å². The number of thiophene rings is 1. The molecule has 1 fully saturated rings. The molecule has 2 heterocycles. The fourth-order valence-electron chi connectivity index (χ4n) is 5.24. The first-order chi connectivity index (χ1) is 17.3. The minimum atomic E-state index is -0.0967. The van der Waals surface area contributed by atoms with Crippen molar-refractivity contribution in [3.8, 4) is 0 Å². The van der Waals surface area contributed by atoms with Gasteiger partial charge in [0.1, 0.15) is 5.00 Å². The second kappa shape index (κ2) is 10.4. The largest absolute Gasteiger partial charge is 0.372 e. The smallest absolute Gasteiger partial charge is 0.259 e. The van der Waals surface area contributed by atoms with Gasteiger partial charge < -0.3 is 10.2 Å². The topological polar surface area (TPSA) is 44.7 Å². The number of carbonyl (C=O) groups excluding carboxylic acids is 1. The molecule has 36 heavy (non-hydrogen) atoms. The molecule has 2 aromatic carbocycles. The highest BCUT2D eigenvalue weighted by Gasteiger charge is 2.33. The number of carbonyl (C=O) groups is 1. The normalized spacial score (nSPS) is 18.0. The number of benzene rings is 2. The molecule has 0 unspecified atom stereocenters. The number of fused-ring (bicyclic) bond motifs is 1. The summed E-state index contributed by atoms with van der Waals surface area (Å²) in [4.78, 5) is 22.1. The zero-order chi connectivity index (χ0) is 25.3. The zero-order valence-corrected chi connectivity index (χ0v) is 22.9. The Bertz CT molecular complexity index is 1250. The maximum atomic E-state index is 13.5. The van der Waals surface area contributed by atoms with E-state index in [4.69, 9.17) is 16.6 Å². The van der Waals surface area contributed by atoms with Crippen LogP contribution in [0.25, 0.3) is 0 Å². The van der Waals surface area contributed by atoms with E-state index in [1.54, 1.807) is 23.5 Å². The first-order valence-electron chi connectivity index (χ1n) is 12.9. The molecule has 0 saturated carbocycles. The Kier molecular flexibility index (Phi) is 7.23. The van der Waals surface area contributed by atoms with Gasteiger partial charge in [0.05, 0.1) is 5.56 Å². The van der Waals surface area contributed by atoms with Gasteiger partial charge in [-0.25, -0.2) is 4.99 Å². The minimum absolute atomic E-state index is 0.0967. The summed E-state index contributed by atoms with van der Waals surface area (Å²) in [6, 6.07) is 15.8. The third-order valence-electron chi connectivity index (χ3n) is 7.50. The second-order valence-electron chi connectivity index (χ2n) is 11.0. The summed E-state index contributed by atoms with van der Waals surface area (Å²) in [6.07, 6.45) is 7.44. The van der Waals surface area contributed by atoms with Crippen LogP contribution in [0.1, 0.15) is 66.4 Å². The van der Waals surface area contributed by atoms with E-state index in [2.05, 4.69) is 55.3 Å². The van der Waals surface area contributed by atoms with Crippen LogP contribution in [0.4, 0.5) is 16.4 Å². The van der Waals surface area contributed by atoms with Gasteiger partial charge in [-0.15, -0.1) is 11.3 Å². The highest BCUT2D eigenvalue weighted by Crippen LogP contribution is 2.45. The number of anilines is 2. The Morgan fingerprint density at radius 1 is 1.08 bits per heavy atom. The van der Waals surface area contributed by atoms with Gasteiger partial charge in [0.15, 0.2) is 0 Å². The molecule has 0 bridgehead atoms. The van der Waals surface area contributed by atoms with E-state index < -0.39 is 0 Å². The molecule has 0 radical (unpaired) electrons. The average molecular weight is 520 g/mol. The van der Waals surface area contributed by atoms with Crippen LogP contribution in [0.15, 0.2) is 53.5 Å². The van der Waals surface area contributed by atoms with Gasteiger partial charge >= 0.3 is 0 Å². The number of hydrogen-bond donors (Lipinski definition) is 1. The lowest BCUT2D eigenvalue weighted by atomic mass is 9.72. The maximum absolute atomic E-state index is 13.5. The molecule has 188 valence electrons. The van der Waals surface area contributed by atoms with E-state index in [0.717, 1.165) is 54.2 Å². The molecule has 1 N–H and O–H groups in total. The molecule has 1 aliphatic carbocycles. The van der Waals surface area contributed by atoms with E-state index >= 15 is 0 Å². The van der Waals surface area contributed by atoms with Gasteiger partial charge in [0, 0.05) is 40.6 Å². The van der Waals surface area contributed by atoms with Gasteiger partial charge in [-0.3, -0.25) is 4.79 Å². The van der Waals surface area contributed by atoms with E-state index in [1.807, 2.05) is 18.3 Å². The summed E-state index contributed by atoms with van der Waals surface area (Å²) in [5.41, 5.74) is 5.19. The monoisotopic (exact) mass is 519 g/mol. The van der Waals surface area contributed by atoms with Crippen LogP contribution in [0.2, 0.25) is 5.02 Å². The lowest BCUT2D eigenvalue weighted by molar-refractivity contribution is 0.102. The van der Waals surface area contributed by atoms with Crippen molar-refractivity contribution < 1.29 is 4.79 Å². The Labute approximate surface area is 223 Å². The van der Waals surface area contributed by atoms with Crippen LogP contribution >= 0.6 is 22.9 Å². The fourth-order valence-corrected chi connectivity index (χ4v) is 6.64. The van der Waals surface area contributed by atoms with E-state index in [9.17, 15) is 4.79 Å². The molecule has 1 atom stereocenters. The number of halogens is 1. The molecule has 1 amide bonds. The second-order valence-corrected chi connectivity index (χ2v) is 12.5. The summed E-state index contributed by atoms with van der Waals surface area (Å²) < 4.78 is 0. The Morgan fingerprint density at radius 2 is 1.78 bits per heavy atom. The molecule has 3 aromatic rings. The Morgan fingerprint density at radius 3 is 2.44 bits per heavy atom. The van der Waals surface area contributed by atoms with E-state index in [1.165, 1.54) is 29.0 Å². The molecular weight excluding hydrogens is 486 g/mol. The predicted octanol–water partition coefficient (Wildman–Crippen LogP) is 8.16. The highest BCUT2D eigenvalue weighted by atomic mass is 35.5. The SMILES string of the molecule is CC(C)(C)[C@@H]1CCc2c(sc(N=Cc3ccc(N4CCCC4)cc3)c2C(=O)Nc2ccc(Cl)cc2)C1. The van der Waals surface area contributed by atoms with Gasteiger partial charge in [-0.2, -0.15) is 0 Å². The van der Waals surface area contributed by atoms with Crippen molar-refractivity contribution >= 4 is 51.4 Å². The van der Waals surface area contributed by atoms with E-state index in [0.29, 0.717) is 10.9 Å². The van der Waals surface area contributed by atoms with Crippen LogP contribution < -0.4 is 10.2 Å². The average Bonchev–Trinajstić information content (AvgIpc) is 3.51. The summed E-state index contributed by atoms with van der Waals surface area (Å²) >= 11 is 7.71. The van der Waals surface area contributed by atoms with Crippen LogP contribution in [0.5, 0.6) is 0 Å². The van der Waals surface area contributed by atoms with Crippen molar-refractivity contribution in [3.05, 3.63) is 75.1 Å². The Balaban J connectivity index is 1.43. The molecule has 6 heteroatoms. The molecule has 1 aromatic heterocycles. The molecule has 1 aliphatic heterocycles. The van der Waals surface area contributed by atoms with Crippen LogP contribution in [-0.2, 0) is 12.8 Å². The fraction of sp³-hybridized carbons (Fsp3) is 0.400. The molecule has 0 spiro atoms. The van der Waals surface area contributed by atoms with Crippen molar-refractivity contribution in [1.82, 2.24) is 0 Å². The quantitative estimate of drug-likeness (QED) is 0.345. The third-order valence-corrected chi connectivity index (χ3v) is 8.91. The molecular formula is C30H34ClN3OS. The molecule has 4 nitrogen and oxygen atoms in total. The lowest BCUT2D eigenvalue weighted by Crippen LogP contribution is -2.27. The first kappa shape index (κ1) is 25.0. The van der Waals surface area contributed by atoms with Crippen LogP contribution in [-0.4, -0.2) is 25.2 Å². The number of amides is 1. The lowest BCUT2D eigenvalue weighted by Gasteiger charge is -2.33.